The molecular weight excluding hydrogens is 246 g/mol. The van der Waals surface area contributed by atoms with Gasteiger partial charge in [0, 0.05) is 25.4 Å². The van der Waals surface area contributed by atoms with E-state index in [2.05, 4.69) is 0 Å². The summed E-state index contributed by atoms with van der Waals surface area (Å²) < 4.78 is 0. The number of carbonyl (C=O) groups is 2. The van der Waals surface area contributed by atoms with Crippen LogP contribution in [-0.4, -0.2) is 29.7 Å². The lowest BCUT2D eigenvalue weighted by molar-refractivity contribution is -0.132. The summed E-state index contributed by atoms with van der Waals surface area (Å²) in [5, 5.41) is 1.94. The Morgan fingerprint density at radius 1 is 1.39 bits per heavy atom. The first-order valence-electron chi connectivity index (χ1n) is 6.58. The molecule has 2 heterocycles. The Balaban J connectivity index is 1.87. The maximum Gasteiger partial charge on any atom is 0.222 e. The van der Waals surface area contributed by atoms with Gasteiger partial charge in [0.25, 0.3) is 0 Å². The number of rotatable bonds is 4. The number of hydrogen-bond donors (Lipinski definition) is 0. The lowest BCUT2D eigenvalue weighted by Crippen LogP contribution is -2.40. The first-order valence-corrected chi connectivity index (χ1v) is 7.45. The Bertz CT molecular complexity index is 405. The van der Waals surface area contributed by atoms with E-state index in [1.807, 2.05) is 29.3 Å². The van der Waals surface area contributed by atoms with Crippen LogP contribution >= 0.6 is 11.3 Å². The highest BCUT2D eigenvalue weighted by atomic mass is 32.1. The molecule has 0 N–H and O–H groups in total. The van der Waals surface area contributed by atoms with Gasteiger partial charge in [-0.1, -0.05) is 13.0 Å². The third-order valence-electron chi connectivity index (χ3n) is 3.45. The van der Waals surface area contributed by atoms with Gasteiger partial charge in [-0.3, -0.25) is 9.59 Å². The van der Waals surface area contributed by atoms with E-state index in [4.69, 9.17) is 0 Å². The van der Waals surface area contributed by atoms with Crippen LogP contribution in [0.25, 0.3) is 0 Å². The molecule has 1 aliphatic heterocycles. The first-order chi connectivity index (χ1) is 8.72. The normalized spacial score (nSPS) is 16.8. The second kappa shape index (κ2) is 6.14. The van der Waals surface area contributed by atoms with Crippen LogP contribution in [0.2, 0.25) is 0 Å². The van der Waals surface area contributed by atoms with Crippen molar-refractivity contribution in [3.63, 3.8) is 0 Å². The Kier molecular flexibility index (Phi) is 4.53. The van der Waals surface area contributed by atoms with Gasteiger partial charge >= 0.3 is 0 Å². The minimum absolute atomic E-state index is 0.106. The van der Waals surface area contributed by atoms with Crippen molar-refractivity contribution >= 4 is 23.0 Å². The Morgan fingerprint density at radius 3 is 2.67 bits per heavy atom. The molecule has 0 saturated carbocycles. The van der Waals surface area contributed by atoms with Gasteiger partial charge in [0.1, 0.15) is 0 Å². The highest BCUT2D eigenvalue weighted by Gasteiger charge is 2.27. The molecule has 4 heteroatoms. The van der Waals surface area contributed by atoms with E-state index in [-0.39, 0.29) is 17.6 Å². The lowest BCUT2D eigenvalue weighted by Gasteiger charge is -2.31. The molecule has 0 aliphatic carbocycles. The molecule has 1 aromatic heterocycles. The highest BCUT2D eigenvalue weighted by molar-refractivity contribution is 7.12. The SMILES string of the molecule is CCCC(=O)N1CCC(C(=O)c2cccs2)CC1. The number of carbonyl (C=O) groups excluding carboxylic acids is 2. The summed E-state index contributed by atoms with van der Waals surface area (Å²) >= 11 is 1.51. The van der Waals surface area contributed by atoms with Crippen molar-refractivity contribution in [3.05, 3.63) is 22.4 Å². The number of nitrogens with zero attached hydrogens (tertiary/aromatic N) is 1. The summed E-state index contributed by atoms with van der Waals surface area (Å²) in [6.45, 7) is 3.49. The molecule has 0 bridgehead atoms. The van der Waals surface area contributed by atoms with Crippen LogP contribution in [0, 0.1) is 5.92 Å². The van der Waals surface area contributed by atoms with E-state index < -0.39 is 0 Å². The highest BCUT2D eigenvalue weighted by Crippen LogP contribution is 2.24. The van der Waals surface area contributed by atoms with Gasteiger partial charge in [-0.2, -0.15) is 0 Å². The maximum absolute atomic E-state index is 12.2. The van der Waals surface area contributed by atoms with Gasteiger partial charge in [0.2, 0.25) is 5.91 Å². The van der Waals surface area contributed by atoms with Crippen LogP contribution < -0.4 is 0 Å². The Labute approximate surface area is 112 Å². The number of piperidine rings is 1. The summed E-state index contributed by atoms with van der Waals surface area (Å²) in [5.74, 6) is 0.599. The number of likely N-dealkylation sites (tertiary alicyclic amines) is 1. The molecule has 1 amide bonds. The monoisotopic (exact) mass is 265 g/mol. The molecule has 1 aliphatic rings. The fraction of sp³-hybridized carbons (Fsp3) is 0.571. The number of Topliss-reactive ketones (excluding diaryl/α,β-unsaturated/α-hetero) is 1. The van der Waals surface area contributed by atoms with Gasteiger partial charge in [-0.05, 0) is 30.7 Å². The molecule has 1 aromatic rings. The zero-order valence-corrected chi connectivity index (χ0v) is 11.5. The Hall–Kier alpha value is -1.16. The zero-order valence-electron chi connectivity index (χ0n) is 10.7. The van der Waals surface area contributed by atoms with Crippen LogP contribution in [0.15, 0.2) is 17.5 Å². The van der Waals surface area contributed by atoms with Gasteiger partial charge in [-0.15, -0.1) is 11.3 Å². The van der Waals surface area contributed by atoms with Gasteiger partial charge in [0.05, 0.1) is 4.88 Å². The van der Waals surface area contributed by atoms with E-state index in [1.54, 1.807) is 0 Å². The predicted molar refractivity (Wildman–Crippen MR) is 72.9 cm³/mol. The van der Waals surface area contributed by atoms with E-state index in [9.17, 15) is 9.59 Å². The minimum atomic E-state index is 0.106. The summed E-state index contributed by atoms with van der Waals surface area (Å²) in [6, 6.07) is 3.80. The van der Waals surface area contributed by atoms with Crippen molar-refractivity contribution in [1.29, 1.82) is 0 Å². The molecular formula is C14H19NO2S. The molecule has 0 atom stereocenters. The van der Waals surface area contributed by atoms with Crippen molar-refractivity contribution in [2.45, 2.75) is 32.6 Å². The van der Waals surface area contributed by atoms with E-state index in [0.717, 1.165) is 37.2 Å². The van der Waals surface area contributed by atoms with Crippen molar-refractivity contribution < 1.29 is 9.59 Å². The molecule has 0 unspecified atom stereocenters. The summed E-state index contributed by atoms with van der Waals surface area (Å²) in [7, 11) is 0. The van der Waals surface area contributed by atoms with Crippen LogP contribution in [-0.2, 0) is 4.79 Å². The van der Waals surface area contributed by atoms with Crippen LogP contribution in [0.1, 0.15) is 42.3 Å². The topological polar surface area (TPSA) is 37.4 Å². The second-order valence-corrected chi connectivity index (χ2v) is 5.69. The molecule has 0 aromatic carbocycles. The smallest absolute Gasteiger partial charge is 0.222 e. The summed E-state index contributed by atoms with van der Waals surface area (Å²) in [6.07, 6.45) is 3.15. The molecule has 1 fully saturated rings. The predicted octanol–water partition coefficient (Wildman–Crippen LogP) is 2.97. The first kappa shape index (κ1) is 13.3. The average Bonchev–Trinajstić information content (AvgIpc) is 2.92. The second-order valence-electron chi connectivity index (χ2n) is 4.75. The molecule has 1 saturated heterocycles. The molecule has 0 spiro atoms. The number of thiophene rings is 1. The van der Waals surface area contributed by atoms with Gasteiger partial charge < -0.3 is 4.90 Å². The van der Waals surface area contributed by atoms with Gasteiger partial charge in [-0.25, -0.2) is 0 Å². The third-order valence-corrected chi connectivity index (χ3v) is 4.33. The fourth-order valence-electron chi connectivity index (χ4n) is 2.38. The molecule has 2 rings (SSSR count). The van der Waals surface area contributed by atoms with Crippen LogP contribution in [0.4, 0.5) is 0 Å². The molecule has 0 radical (unpaired) electrons. The summed E-state index contributed by atoms with van der Waals surface area (Å²) in [4.78, 5) is 26.7. The van der Waals surface area contributed by atoms with Crippen molar-refractivity contribution in [1.82, 2.24) is 4.90 Å². The minimum Gasteiger partial charge on any atom is -0.343 e. The maximum atomic E-state index is 12.2. The standard InChI is InChI=1S/C14H19NO2S/c1-2-4-13(16)15-8-6-11(7-9-15)14(17)12-5-3-10-18-12/h3,5,10-11H,2,4,6-9H2,1H3. The molecule has 98 valence electrons. The van der Waals surface area contributed by atoms with Crippen molar-refractivity contribution in [3.8, 4) is 0 Å². The third kappa shape index (κ3) is 2.99. The van der Waals surface area contributed by atoms with E-state index >= 15 is 0 Å². The number of hydrogen-bond acceptors (Lipinski definition) is 3. The fourth-order valence-corrected chi connectivity index (χ4v) is 3.13. The number of amides is 1. The van der Waals surface area contributed by atoms with Crippen LogP contribution in [0.3, 0.4) is 0 Å². The lowest BCUT2D eigenvalue weighted by atomic mass is 9.91. The number of ketones is 1. The molecule has 3 nitrogen and oxygen atoms in total. The van der Waals surface area contributed by atoms with Gasteiger partial charge in [0.15, 0.2) is 5.78 Å². The Morgan fingerprint density at radius 2 is 2.11 bits per heavy atom. The average molecular weight is 265 g/mol. The molecule has 18 heavy (non-hydrogen) atoms. The largest absolute Gasteiger partial charge is 0.343 e. The van der Waals surface area contributed by atoms with E-state index in [0.29, 0.717) is 6.42 Å². The quantitative estimate of drug-likeness (QED) is 0.785. The van der Waals surface area contributed by atoms with Crippen molar-refractivity contribution in [2.75, 3.05) is 13.1 Å². The zero-order chi connectivity index (χ0) is 13.0. The van der Waals surface area contributed by atoms with Crippen molar-refractivity contribution in [2.24, 2.45) is 5.92 Å². The van der Waals surface area contributed by atoms with Crippen LogP contribution in [0.5, 0.6) is 0 Å². The summed E-state index contributed by atoms with van der Waals surface area (Å²) in [5.41, 5.74) is 0. The van der Waals surface area contributed by atoms with E-state index in [1.165, 1.54) is 11.3 Å².